The van der Waals surface area contributed by atoms with E-state index in [1.54, 1.807) is 4.68 Å². The Morgan fingerprint density at radius 3 is 2.90 bits per heavy atom. The van der Waals surface area contributed by atoms with Gasteiger partial charge in [0.05, 0.1) is 5.69 Å². The summed E-state index contributed by atoms with van der Waals surface area (Å²) >= 11 is 0. The molecule has 2 aliphatic rings. The van der Waals surface area contributed by atoms with Crippen LogP contribution in [0.15, 0.2) is 6.07 Å². The lowest BCUT2D eigenvalue weighted by molar-refractivity contribution is -0.132. The number of aromatic nitrogens is 2. The van der Waals surface area contributed by atoms with Crippen molar-refractivity contribution >= 4 is 5.91 Å². The average molecular weight is 295 g/mol. The van der Waals surface area contributed by atoms with Crippen molar-refractivity contribution in [3.8, 4) is 0 Å². The maximum Gasteiger partial charge on any atom is 0.244 e. The molecule has 0 aromatic carbocycles. The topological polar surface area (TPSA) is 67.4 Å². The van der Waals surface area contributed by atoms with Crippen molar-refractivity contribution in [3.63, 3.8) is 0 Å². The minimum Gasteiger partial charge on any atom is -0.339 e. The molecule has 7 heteroatoms. The van der Waals surface area contributed by atoms with Crippen molar-refractivity contribution < 1.29 is 9.18 Å². The van der Waals surface area contributed by atoms with Crippen molar-refractivity contribution in [1.29, 1.82) is 0 Å². The molecule has 3 heterocycles. The van der Waals surface area contributed by atoms with Gasteiger partial charge in [-0.3, -0.25) is 14.4 Å². The summed E-state index contributed by atoms with van der Waals surface area (Å²) < 4.78 is 14.5. The molecule has 2 aliphatic heterocycles. The van der Waals surface area contributed by atoms with E-state index < -0.39 is 6.17 Å². The van der Waals surface area contributed by atoms with E-state index in [1.165, 1.54) is 0 Å². The highest BCUT2D eigenvalue weighted by atomic mass is 19.1. The summed E-state index contributed by atoms with van der Waals surface area (Å²) in [6.45, 7) is 5.27. The monoisotopic (exact) mass is 295 g/mol. The zero-order chi connectivity index (χ0) is 15.0. The molecule has 2 N–H and O–H groups in total. The van der Waals surface area contributed by atoms with Crippen molar-refractivity contribution in [3.05, 3.63) is 17.5 Å². The Balaban J connectivity index is 1.58. The smallest absolute Gasteiger partial charge is 0.244 e. The summed E-state index contributed by atoms with van der Waals surface area (Å²) in [4.78, 5) is 16.2. The van der Waals surface area contributed by atoms with Gasteiger partial charge in [-0.1, -0.05) is 0 Å². The molecule has 6 nitrogen and oxygen atoms in total. The predicted molar refractivity (Wildman–Crippen MR) is 76.4 cm³/mol. The largest absolute Gasteiger partial charge is 0.339 e. The van der Waals surface area contributed by atoms with E-state index in [0.29, 0.717) is 26.2 Å². The number of amides is 1. The summed E-state index contributed by atoms with van der Waals surface area (Å²) in [7, 11) is 0. The molecule has 1 aromatic heterocycles. The van der Waals surface area contributed by atoms with Gasteiger partial charge in [-0.25, -0.2) is 4.39 Å². The Morgan fingerprint density at radius 1 is 1.48 bits per heavy atom. The first-order chi connectivity index (χ1) is 10.0. The lowest BCUT2D eigenvalue weighted by Crippen LogP contribution is -2.51. The van der Waals surface area contributed by atoms with Gasteiger partial charge >= 0.3 is 0 Å². The van der Waals surface area contributed by atoms with Gasteiger partial charge in [-0.2, -0.15) is 5.10 Å². The number of nitrogens with two attached hydrogens (primary N) is 1. The Labute approximate surface area is 123 Å². The molecule has 1 unspecified atom stereocenters. The molecule has 1 fully saturated rings. The third kappa shape index (κ3) is 3.08. The van der Waals surface area contributed by atoms with Crippen LogP contribution >= 0.6 is 0 Å². The Bertz CT molecular complexity index is 523. The van der Waals surface area contributed by atoms with Gasteiger partial charge in [0.1, 0.15) is 12.7 Å². The minimum atomic E-state index is -0.688. The van der Waals surface area contributed by atoms with Crippen LogP contribution in [-0.4, -0.2) is 64.4 Å². The predicted octanol–water partition coefficient (Wildman–Crippen LogP) is -0.0588. The normalized spacial score (nSPS) is 21.9. The summed E-state index contributed by atoms with van der Waals surface area (Å²) in [6.07, 6.45) is 0.100. The van der Waals surface area contributed by atoms with Crippen LogP contribution in [0.2, 0.25) is 0 Å². The number of nitrogens with zero attached hydrogens (tertiary/aromatic N) is 4. The number of alkyl halides is 1. The number of halogens is 1. The van der Waals surface area contributed by atoms with Crippen LogP contribution in [0.4, 0.5) is 4.39 Å². The highest BCUT2D eigenvalue weighted by Crippen LogP contribution is 2.16. The molecule has 0 spiro atoms. The average Bonchev–Trinajstić information content (AvgIpc) is 2.73. The Kier molecular flexibility index (Phi) is 3.95. The Morgan fingerprint density at radius 2 is 2.24 bits per heavy atom. The summed E-state index contributed by atoms with van der Waals surface area (Å²) in [5, 5.41) is 4.41. The van der Waals surface area contributed by atoms with Crippen LogP contribution in [0, 0.1) is 0 Å². The molecule has 0 aliphatic carbocycles. The lowest BCUT2D eigenvalue weighted by atomic mass is 10.2. The SMILES string of the molecule is CC(N)c1cc2n(n1)CC(=O)N(CCN1CC(F)C1)CC2. The second-order valence-corrected chi connectivity index (χ2v) is 5.99. The van der Waals surface area contributed by atoms with Gasteiger partial charge in [-0.15, -0.1) is 0 Å². The Hall–Kier alpha value is -1.47. The van der Waals surface area contributed by atoms with Gasteiger partial charge in [-0.05, 0) is 13.0 Å². The number of hydrogen-bond donors (Lipinski definition) is 1. The molecule has 0 radical (unpaired) electrons. The van der Waals surface area contributed by atoms with E-state index in [0.717, 1.165) is 24.4 Å². The van der Waals surface area contributed by atoms with E-state index in [-0.39, 0.29) is 18.5 Å². The van der Waals surface area contributed by atoms with E-state index >= 15 is 0 Å². The highest BCUT2D eigenvalue weighted by Gasteiger charge is 2.28. The number of fused-ring (bicyclic) bond motifs is 1. The number of carbonyl (C=O) groups excluding carboxylic acids is 1. The fourth-order valence-electron chi connectivity index (χ4n) is 2.83. The molecule has 1 atom stereocenters. The van der Waals surface area contributed by atoms with Crippen molar-refractivity contribution in [1.82, 2.24) is 19.6 Å². The molecule has 0 bridgehead atoms. The van der Waals surface area contributed by atoms with Crippen LogP contribution in [0.3, 0.4) is 0 Å². The zero-order valence-corrected chi connectivity index (χ0v) is 12.3. The van der Waals surface area contributed by atoms with Crippen LogP contribution in [0.1, 0.15) is 24.4 Å². The maximum absolute atomic E-state index is 12.8. The first-order valence-electron chi connectivity index (χ1n) is 7.49. The van der Waals surface area contributed by atoms with Crippen molar-refractivity contribution in [2.24, 2.45) is 5.73 Å². The first-order valence-corrected chi connectivity index (χ1v) is 7.49. The highest BCUT2D eigenvalue weighted by molar-refractivity contribution is 5.76. The van der Waals surface area contributed by atoms with Crippen molar-refractivity contribution in [2.75, 3.05) is 32.7 Å². The molecule has 3 rings (SSSR count). The fourth-order valence-corrected chi connectivity index (χ4v) is 2.83. The fraction of sp³-hybridized carbons (Fsp3) is 0.714. The van der Waals surface area contributed by atoms with E-state index in [9.17, 15) is 9.18 Å². The summed E-state index contributed by atoms with van der Waals surface area (Å²) in [5.74, 6) is 0.0744. The number of carbonyl (C=O) groups is 1. The third-order valence-corrected chi connectivity index (χ3v) is 4.22. The van der Waals surface area contributed by atoms with Gasteiger partial charge in [0, 0.05) is 50.9 Å². The minimum absolute atomic E-state index is 0.0744. The van der Waals surface area contributed by atoms with Crippen LogP contribution < -0.4 is 5.73 Å². The lowest BCUT2D eigenvalue weighted by Gasteiger charge is -2.35. The quantitative estimate of drug-likeness (QED) is 0.845. The van der Waals surface area contributed by atoms with E-state index in [1.807, 2.05) is 22.8 Å². The summed E-state index contributed by atoms with van der Waals surface area (Å²) in [6, 6.07) is 1.88. The molecular weight excluding hydrogens is 273 g/mol. The molecule has 21 heavy (non-hydrogen) atoms. The third-order valence-electron chi connectivity index (χ3n) is 4.22. The van der Waals surface area contributed by atoms with Gasteiger partial charge in [0.15, 0.2) is 0 Å². The van der Waals surface area contributed by atoms with Crippen molar-refractivity contribution in [2.45, 2.75) is 32.1 Å². The molecule has 1 amide bonds. The number of likely N-dealkylation sites (tertiary alicyclic amines) is 1. The second-order valence-electron chi connectivity index (χ2n) is 5.99. The van der Waals surface area contributed by atoms with Gasteiger partial charge < -0.3 is 10.6 Å². The first kappa shape index (κ1) is 14.5. The van der Waals surface area contributed by atoms with E-state index in [2.05, 4.69) is 5.10 Å². The van der Waals surface area contributed by atoms with Gasteiger partial charge in [0.25, 0.3) is 0 Å². The number of rotatable bonds is 4. The molecule has 1 aromatic rings. The molecule has 116 valence electrons. The maximum atomic E-state index is 12.8. The second kappa shape index (κ2) is 5.73. The molecule has 1 saturated heterocycles. The zero-order valence-electron chi connectivity index (χ0n) is 12.3. The molecule has 0 saturated carbocycles. The van der Waals surface area contributed by atoms with E-state index in [4.69, 9.17) is 5.73 Å². The molecular formula is C14H22FN5O. The van der Waals surface area contributed by atoms with Crippen LogP contribution in [0.5, 0.6) is 0 Å². The number of hydrogen-bond acceptors (Lipinski definition) is 4. The summed E-state index contributed by atoms with van der Waals surface area (Å²) in [5.41, 5.74) is 7.73. The van der Waals surface area contributed by atoms with Crippen LogP contribution in [0.25, 0.3) is 0 Å². The van der Waals surface area contributed by atoms with Gasteiger partial charge in [0.2, 0.25) is 5.91 Å². The standard InChI is InChI=1S/C14H22FN5O/c1-10(16)13-6-12-2-3-19(14(21)9-20(12)17-13)5-4-18-7-11(15)8-18/h6,10-11H,2-5,7-9,16H2,1H3. The van der Waals surface area contributed by atoms with Crippen LogP contribution in [-0.2, 0) is 17.8 Å².